The zero-order valence-corrected chi connectivity index (χ0v) is 55.4. The molecule has 0 aromatic heterocycles. The van der Waals surface area contributed by atoms with Crippen LogP contribution in [0.4, 0.5) is 0 Å². The first-order chi connectivity index (χ1) is 43.5. The second kappa shape index (κ2) is 26.7. The van der Waals surface area contributed by atoms with Gasteiger partial charge in [-0.25, -0.2) is 4.79 Å². The molecular formula is C65H104O28. The molecule has 28 heteroatoms. The highest BCUT2D eigenvalue weighted by molar-refractivity contribution is 5.87. The summed E-state index contributed by atoms with van der Waals surface area (Å²) in [5.41, 5.74) is -5.83. The molecule has 5 heterocycles. The molecule has 10 fully saturated rings. The quantitative estimate of drug-likeness (QED) is 0.0373. The topological polar surface area (TPSA) is 425 Å². The van der Waals surface area contributed by atoms with Crippen LogP contribution in [-0.2, 0) is 71.2 Å². The molecule has 28 nitrogen and oxygen atoms in total. The van der Waals surface area contributed by atoms with Crippen molar-refractivity contribution in [1.82, 2.24) is 0 Å². The second-order valence-electron chi connectivity index (χ2n) is 30.4. The zero-order valence-electron chi connectivity index (χ0n) is 55.4. The smallest absolute Gasteiger partial charge is 0.333 e. The Hall–Kier alpha value is -2.73. The summed E-state index contributed by atoms with van der Waals surface area (Å²) in [6.07, 6.45) is -35.7. The Kier molecular flexibility index (Phi) is 21.0. The van der Waals surface area contributed by atoms with Crippen LogP contribution < -0.4 is 0 Å². The number of carbonyl (C=O) groups is 3. The van der Waals surface area contributed by atoms with Gasteiger partial charge in [0.25, 0.3) is 0 Å². The van der Waals surface area contributed by atoms with Gasteiger partial charge in [-0.3, -0.25) is 9.59 Å². The maximum Gasteiger partial charge on any atom is 0.333 e. The van der Waals surface area contributed by atoms with E-state index in [9.17, 15) is 80.8 Å². The maximum absolute atomic E-state index is 13.9. The molecule has 33 atom stereocenters. The van der Waals surface area contributed by atoms with Gasteiger partial charge in [-0.2, -0.15) is 0 Å². The average molecular weight is 1330 g/mol. The van der Waals surface area contributed by atoms with Gasteiger partial charge in [0.05, 0.1) is 37.6 Å². The van der Waals surface area contributed by atoms with Gasteiger partial charge in [-0.15, -0.1) is 0 Å². The summed E-state index contributed by atoms with van der Waals surface area (Å²) in [4.78, 5) is 41.4. The highest BCUT2D eigenvalue weighted by atomic mass is 16.8. The summed E-state index contributed by atoms with van der Waals surface area (Å²) in [6.45, 7) is 20.1. The van der Waals surface area contributed by atoms with Crippen molar-refractivity contribution in [2.45, 2.75) is 306 Å². The lowest BCUT2D eigenvalue weighted by Crippen LogP contribution is -2.77. The van der Waals surface area contributed by atoms with Crippen LogP contribution in [0.1, 0.15) is 147 Å². The van der Waals surface area contributed by atoms with Crippen LogP contribution in [-0.4, -0.2) is 263 Å². The van der Waals surface area contributed by atoms with Crippen molar-refractivity contribution < 1.29 is 138 Å². The van der Waals surface area contributed by atoms with Crippen molar-refractivity contribution in [3.8, 4) is 0 Å². The van der Waals surface area contributed by atoms with Crippen molar-refractivity contribution in [2.75, 3.05) is 19.8 Å². The standard InChI is InChI=1S/C65H104O28/c1-13-15-38(70)88-52-51(92-53(80)27(3)14-2)59(6,7)22-35-64-21-17-34-61(10)19-18-36(60(8,9)33(61)16-20-62(34,11)63(64,12)23-37(83-29(5)69)65(35,52)58(81)93-64)87-57-50(91-55-47(79)44(76)40(72)30(24-66)84-55)48(42(74)32(26-68)86-57)89-56-49(45(77)41(73)31(25-67)85-56)90-54-46(78)43(75)39(71)28(4)82-54/h14,28,30-37,39-52,54-58,66-68,71-79,81H,13,15-26H2,1-12H3/b27-14+/t28-,30+,31+,32+,33?,34?,35?,36-,37+,39-,40-,41-,42+,43+,44-,45-,46+,47+,48-,49+,50+,51-,52-,54-,55-,56-,57-,58-,61-,62+,63-,64-,65+/m0/s1. The number of aliphatic hydroxyl groups excluding tert-OH is 13. The minimum absolute atomic E-state index is 0.0408. The summed E-state index contributed by atoms with van der Waals surface area (Å²) in [5.74, 6) is -2.53. The number of allylic oxidation sites excluding steroid dienone is 1. The molecule has 0 radical (unpaired) electrons. The molecule has 13 N–H and O–H groups in total. The summed E-state index contributed by atoms with van der Waals surface area (Å²) in [5, 5.41) is 145. The summed E-state index contributed by atoms with van der Waals surface area (Å²) >= 11 is 0. The van der Waals surface area contributed by atoms with E-state index in [0.29, 0.717) is 56.9 Å². The normalized spacial score (nSPS) is 51.7. The van der Waals surface area contributed by atoms with E-state index in [1.165, 1.54) is 13.8 Å². The monoisotopic (exact) mass is 1330 g/mol. The average Bonchev–Trinajstić information content (AvgIpc) is 1.55. The van der Waals surface area contributed by atoms with Crippen LogP contribution in [0.25, 0.3) is 0 Å². The zero-order chi connectivity index (χ0) is 68.4. The highest BCUT2D eigenvalue weighted by Gasteiger charge is 2.86. The Morgan fingerprint density at radius 2 is 1.09 bits per heavy atom. The van der Waals surface area contributed by atoms with Crippen molar-refractivity contribution in [1.29, 1.82) is 0 Å². The van der Waals surface area contributed by atoms with Crippen molar-refractivity contribution in [3.63, 3.8) is 0 Å². The fourth-order valence-corrected chi connectivity index (χ4v) is 19.6. The van der Waals surface area contributed by atoms with Crippen molar-refractivity contribution in [3.05, 3.63) is 11.6 Å². The van der Waals surface area contributed by atoms with Gasteiger partial charge in [0.2, 0.25) is 0 Å². The molecule has 3 unspecified atom stereocenters. The molecule has 10 aliphatic rings. The lowest BCUT2D eigenvalue weighted by atomic mass is 9.30. The fourth-order valence-electron chi connectivity index (χ4n) is 19.6. The Labute approximate surface area is 542 Å². The number of carbonyl (C=O) groups excluding carboxylic acids is 3. The number of rotatable bonds is 17. The molecule has 1 spiro atoms. The van der Waals surface area contributed by atoms with Gasteiger partial charge in [0, 0.05) is 35.7 Å². The van der Waals surface area contributed by atoms with E-state index in [2.05, 4.69) is 34.6 Å². The molecule has 0 aromatic rings. The molecule has 5 aliphatic carbocycles. The Morgan fingerprint density at radius 3 is 1.69 bits per heavy atom. The van der Waals surface area contributed by atoms with Gasteiger partial charge in [-0.05, 0) is 107 Å². The van der Waals surface area contributed by atoms with Gasteiger partial charge >= 0.3 is 17.9 Å². The first-order valence-electron chi connectivity index (χ1n) is 33.3. The Balaban J connectivity index is 0.983. The molecule has 532 valence electrons. The van der Waals surface area contributed by atoms with Crippen molar-refractivity contribution >= 4 is 17.9 Å². The van der Waals surface area contributed by atoms with Crippen LogP contribution >= 0.6 is 0 Å². The number of esters is 3. The van der Waals surface area contributed by atoms with E-state index in [4.69, 9.17) is 56.8 Å². The molecule has 2 bridgehead atoms. The van der Waals surface area contributed by atoms with Crippen LogP contribution in [0.15, 0.2) is 11.6 Å². The third-order valence-electron chi connectivity index (χ3n) is 24.8. The molecule has 5 saturated carbocycles. The fraction of sp³-hybridized carbons (Fsp3) is 0.923. The highest BCUT2D eigenvalue weighted by Crippen LogP contribution is 2.82. The summed E-state index contributed by atoms with van der Waals surface area (Å²) in [6, 6.07) is 0. The summed E-state index contributed by atoms with van der Waals surface area (Å²) in [7, 11) is 0. The lowest BCUT2D eigenvalue weighted by molar-refractivity contribution is -0.409. The largest absolute Gasteiger partial charge is 0.462 e. The van der Waals surface area contributed by atoms with E-state index < -0.39 is 235 Å². The maximum atomic E-state index is 13.9. The first-order valence-corrected chi connectivity index (χ1v) is 33.3. The molecule has 5 aliphatic heterocycles. The number of ether oxygens (including phenoxy) is 12. The molecule has 5 saturated heterocycles. The van der Waals surface area contributed by atoms with Gasteiger partial charge in [0.1, 0.15) is 109 Å². The Morgan fingerprint density at radius 1 is 0.538 bits per heavy atom. The number of hydrogen-bond acceptors (Lipinski definition) is 28. The molecule has 93 heavy (non-hydrogen) atoms. The first kappa shape index (κ1) is 73.0. The SMILES string of the molecule is C/C=C(\C)C(=O)O[C@H]1[C@H](OC(=O)CCC)[C@@]23C(CC1(C)C)[C@]1(CCC4[C@@]5(C)CC[C@H](O[C@@H]6O[C@H](CO)[C@@H](O)[C@H](O[C@@H]7O[C@H](CO)[C@H](O)[C@H](O)[C@H]7O[C@@H]7O[C@@H](C)[C@H](O)[C@@H](O)[C@H]7O)[C@H]6O[C@@H]6O[C@H](CO)[C@H](O)[C@H](O)[C@H]6O)C(C)(C)C5CC[C@@]4(C)[C@]1(C)C[C@H]2OC(C)=O)O[C@@H]3O. The third-order valence-corrected chi connectivity index (χ3v) is 24.8. The number of hydrogen-bond donors (Lipinski definition) is 13. The van der Waals surface area contributed by atoms with E-state index in [1.807, 2.05) is 20.8 Å². The van der Waals surface area contributed by atoms with Gasteiger partial charge in [0.15, 0.2) is 37.6 Å². The Bertz CT molecular complexity index is 2700. The minimum atomic E-state index is -2.03. The van der Waals surface area contributed by atoms with E-state index in [0.717, 1.165) is 0 Å². The van der Waals surface area contributed by atoms with Gasteiger partial charge in [-0.1, -0.05) is 61.5 Å². The summed E-state index contributed by atoms with van der Waals surface area (Å²) < 4.78 is 76.8. The van der Waals surface area contributed by atoms with Crippen molar-refractivity contribution in [2.24, 2.45) is 50.2 Å². The third kappa shape index (κ3) is 11.7. The van der Waals surface area contributed by atoms with Crippen LogP contribution in [0, 0.1) is 50.2 Å². The number of aliphatic hydroxyl groups is 13. The van der Waals surface area contributed by atoms with E-state index >= 15 is 0 Å². The minimum Gasteiger partial charge on any atom is -0.462 e. The lowest BCUT2D eigenvalue weighted by Gasteiger charge is -2.75. The molecule has 0 amide bonds. The molecule has 10 rings (SSSR count). The predicted molar refractivity (Wildman–Crippen MR) is 316 cm³/mol. The molecular weight excluding hydrogens is 1230 g/mol. The second-order valence-corrected chi connectivity index (χ2v) is 30.4. The van der Waals surface area contributed by atoms with Gasteiger partial charge < -0.3 is 123 Å². The van der Waals surface area contributed by atoms with E-state index in [-0.39, 0.29) is 24.7 Å². The van der Waals surface area contributed by atoms with Crippen LogP contribution in [0.3, 0.4) is 0 Å². The van der Waals surface area contributed by atoms with Crippen LogP contribution in [0.2, 0.25) is 0 Å². The van der Waals surface area contributed by atoms with E-state index in [1.54, 1.807) is 19.9 Å². The van der Waals surface area contributed by atoms with Crippen LogP contribution in [0.5, 0.6) is 0 Å². The predicted octanol–water partition coefficient (Wildman–Crippen LogP) is -0.624. The number of fused-ring (bicyclic) bond motifs is 4. The molecule has 0 aromatic carbocycles.